The van der Waals surface area contributed by atoms with E-state index in [-0.39, 0.29) is 0 Å². The van der Waals surface area contributed by atoms with E-state index in [1.807, 2.05) is 12.1 Å². The highest BCUT2D eigenvalue weighted by Crippen LogP contribution is 2.47. The lowest BCUT2D eigenvalue weighted by Gasteiger charge is -2.26. The largest absolute Gasteiger partial charge is 0.493 e. The minimum Gasteiger partial charge on any atom is -0.493 e. The van der Waals surface area contributed by atoms with Gasteiger partial charge in [-0.25, -0.2) is 0 Å². The summed E-state index contributed by atoms with van der Waals surface area (Å²) < 4.78 is 34.1. The summed E-state index contributed by atoms with van der Waals surface area (Å²) in [7, 11) is 6.28. The molecule has 2 aromatic carbocycles. The summed E-state index contributed by atoms with van der Waals surface area (Å²) >= 11 is 0. The zero-order valence-electron chi connectivity index (χ0n) is 23.5. The van der Waals surface area contributed by atoms with Gasteiger partial charge in [-0.05, 0) is 12.8 Å². The van der Waals surface area contributed by atoms with Crippen molar-refractivity contribution in [2.75, 3.05) is 105 Å². The molecule has 4 rings (SSSR count). The fourth-order valence-electron chi connectivity index (χ4n) is 4.48. The highest BCUT2D eigenvalue weighted by atomic mass is 33.1. The molecule has 0 aliphatic carbocycles. The quantitative estimate of drug-likeness (QED) is 0.177. The number of nitrogens with two attached hydrogens (primary N) is 2. The van der Waals surface area contributed by atoms with Crippen molar-refractivity contribution in [1.29, 1.82) is 0 Å². The molecular weight excluding hydrogens is 552 g/mol. The Morgan fingerprint density at radius 1 is 0.650 bits per heavy atom. The van der Waals surface area contributed by atoms with Crippen LogP contribution < -0.4 is 30.4 Å². The molecule has 4 N–H and O–H groups in total. The van der Waals surface area contributed by atoms with Crippen LogP contribution in [0.4, 0.5) is 11.4 Å². The van der Waals surface area contributed by atoms with E-state index in [2.05, 4.69) is 9.80 Å². The predicted molar refractivity (Wildman–Crippen MR) is 161 cm³/mol. The van der Waals surface area contributed by atoms with Gasteiger partial charge < -0.3 is 39.9 Å². The van der Waals surface area contributed by atoms with Gasteiger partial charge in [-0.1, -0.05) is 21.6 Å². The van der Waals surface area contributed by atoms with Crippen LogP contribution in [0.2, 0.25) is 0 Å². The molecule has 0 unspecified atom stereocenters. The van der Waals surface area contributed by atoms with Crippen LogP contribution in [0.5, 0.6) is 23.0 Å². The molecule has 2 aliphatic heterocycles. The van der Waals surface area contributed by atoms with Crippen molar-refractivity contribution in [3.8, 4) is 23.0 Å². The van der Waals surface area contributed by atoms with Crippen LogP contribution in [0, 0.1) is 0 Å². The average molecular weight is 595 g/mol. The Balaban J connectivity index is 1.33. The van der Waals surface area contributed by atoms with Gasteiger partial charge in [0.1, 0.15) is 0 Å². The first-order chi connectivity index (χ1) is 19.6. The van der Waals surface area contributed by atoms with E-state index in [0.717, 1.165) is 88.3 Å². The molecule has 12 heteroatoms. The number of nitrogens with zero attached hydrogens (tertiary/aromatic N) is 2. The topological polar surface area (TPSA) is 114 Å². The molecule has 10 nitrogen and oxygen atoms in total. The molecular formula is C28H42N4O6S2. The summed E-state index contributed by atoms with van der Waals surface area (Å²) in [6.07, 6.45) is 1.84. The molecule has 0 atom stereocenters. The maximum absolute atomic E-state index is 6.36. The van der Waals surface area contributed by atoms with Gasteiger partial charge in [0.25, 0.3) is 0 Å². The van der Waals surface area contributed by atoms with Crippen molar-refractivity contribution in [3.05, 3.63) is 24.3 Å². The number of hydrogen-bond donors (Lipinski definition) is 2. The molecule has 0 aromatic heterocycles. The number of anilines is 2. The number of rotatable bonds is 15. The minimum absolute atomic E-state index is 0.590. The molecule has 0 spiro atoms. The molecule has 2 aromatic rings. The number of hydrogen-bond acceptors (Lipinski definition) is 12. The highest BCUT2D eigenvalue weighted by molar-refractivity contribution is 8.76. The Kier molecular flexibility index (Phi) is 12.5. The van der Waals surface area contributed by atoms with E-state index in [0.29, 0.717) is 47.6 Å². The zero-order chi connectivity index (χ0) is 28.2. The third kappa shape index (κ3) is 9.15. The Morgan fingerprint density at radius 3 is 1.43 bits per heavy atom. The van der Waals surface area contributed by atoms with Gasteiger partial charge in [-0.3, -0.25) is 9.80 Å². The van der Waals surface area contributed by atoms with E-state index in [1.165, 1.54) is 21.6 Å². The Labute approximate surface area is 245 Å². The molecule has 222 valence electrons. The normalized spacial score (nSPS) is 16.6. The van der Waals surface area contributed by atoms with E-state index >= 15 is 0 Å². The number of morpholine rings is 2. The number of ether oxygens (including phenoxy) is 6. The number of nitrogen functional groups attached to an aromatic ring is 2. The van der Waals surface area contributed by atoms with Gasteiger partial charge in [0.05, 0.1) is 65.2 Å². The lowest BCUT2D eigenvalue weighted by atomic mass is 10.3. The first-order valence-electron chi connectivity index (χ1n) is 13.7. The van der Waals surface area contributed by atoms with Crippen molar-refractivity contribution >= 4 is 33.0 Å². The second-order valence-electron chi connectivity index (χ2n) is 9.56. The van der Waals surface area contributed by atoms with Crippen molar-refractivity contribution in [2.45, 2.75) is 22.6 Å². The molecule has 2 fully saturated rings. The van der Waals surface area contributed by atoms with Gasteiger partial charge in [-0.2, -0.15) is 0 Å². The van der Waals surface area contributed by atoms with E-state index in [1.54, 1.807) is 26.4 Å². The number of benzene rings is 2. The van der Waals surface area contributed by atoms with E-state index < -0.39 is 0 Å². The van der Waals surface area contributed by atoms with Gasteiger partial charge >= 0.3 is 0 Å². The average Bonchev–Trinajstić information content (AvgIpc) is 2.99. The van der Waals surface area contributed by atoms with Crippen LogP contribution in [0.25, 0.3) is 0 Å². The van der Waals surface area contributed by atoms with Crippen LogP contribution in [0.1, 0.15) is 12.8 Å². The van der Waals surface area contributed by atoms with Gasteiger partial charge in [0, 0.05) is 73.3 Å². The molecule has 0 bridgehead atoms. The second kappa shape index (κ2) is 16.3. The molecule has 2 aliphatic rings. The monoisotopic (exact) mass is 594 g/mol. The molecule has 0 radical (unpaired) electrons. The van der Waals surface area contributed by atoms with Gasteiger partial charge in [0.15, 0.2) is 23.0 Å². The first-order valence-corrected chi connectivity index (χ1v) is 15.9. The first kappa shape index (κ1) is 30.7. The third-order valence-electron chi connectivity index (χ3n) is 6.77. The summed E-state index contributed by atoms with van der Waals surface area (Å²) in [5.41, 5.74) is 14.0. The maximum Gasteiger partial charge on any atom is 0.162 e. The van der Waals surface area contributed by atoms with Crippen LogP contribution >= 0.6 is 21.6 Å². The Hall–Kier alpha value is -2.22. The van der Waals surface area contributed by atoms with Crippen molar-refractivity contribution in [2.24, 2.45) is 0 Å². The summed E-state index contributed by atoms with van der Waals surface area (Å²) in [5.74, 6) is 2.59. The lowest BCUT2D eigenvalue weighted by Crippen LogP contribution is -2.37. The summed E-state index contributed by atoms with van der Waals surface area (Å²) in [4.78, 5) is 6.54. The zero-order valence-corrected chi connectivity index (χ0v) is 25.2. The van der Waals surface area contributed by atoms with Crippen LogP contribution in [-0.2, 0) is 9.47 Å². The standard InChI is InChI=1S/C28H42N4O6S2/c1-33-23-17-21(29)27(19-25(23)37-11-3-5-31-7-13-35-14-8-31)39-40-28-20-26(24(34-2)18-22(28)30)38-12-4-6-32-9-15-36-16-10-32/h17-20H,3-16,29-30H2,1-2H3. The Bertz CT molecular complexity index is 984. The molecule has 0 amide bonds. The van der Waals surface area contributed by atoms with Crippen molar-refractivity contribution < 1.29 is 28.4 Å². The van der Waals surface area contributed by atoms with Crippen LogP contribution in [0.15, 0.2) is 34.1 Å². The van der Waals surface area contributed by atoms with Crippen molar-refractivity contribution in [3.63, 3.8) is 0 Å². The fraction of sp³-hybridized carbons (Fsp3) is 0.571. The van der Waals surface area contributed by atoms with Gasteiger partial charge in [0.2, 0.25) is 0 Å². The molecule has 0 saturated carbocycles. The second-order valence-corrected chi connectivity index (χ2v) is 11.8. The fourth-order valence-corrected chi connectivity index (χ4v) is 6.69. The smallest absolute Gasteiger partial charge is 0.162 e. The van der Waals surface area contributed by atoms with Gasteiger partial charge in [-0.15, -0.1) is 0 Å². The maximum atomic E-state index is 6.36. The summed E-state index contributed by atoms with van der Waals surface area (Å²) in [6.45, 7) is 10.2. The molecule has 2 saturated heterocycles. The Morgan fingerprint density at radius 2 is 1.05 bits per heavy atom. The minimum atomic E-state index is 0.590. The van der Waals surface area contributed by atoms with Crippen molar-refractivity contribution in [1.82, 2.24) is 9.80 Å². The van der Waals surface area contributed by atoms with Crippen LogP contribution in [-0.4, -0.2) is 103 Å². The lowest BCUT2D eigenvalue weighted by molar-refractivity contribution is 0.0357. The third-order valence-corrected chi connectivity index (χ3v) is 9.25. The predicted octanol–water partition coefficient (Wildman–Crippen LogP) is 3.87. The molecule has 2 heterocycles. The van der Waals surface area contributed by atoms with E-state index in [4.69, 9.17) is 39.9 Å². The number of methoxy groups -OCH3 is 2. The molecule has 40 heavy (non-hydrogen) atoms. The SMILES string of the molecule is COc1cc(N)c(SSc2cc(OCCCN3CCOCC3)c(OC)cc2N)cc1OCCCN1CCOCC1. The van der Waals surface area contributed by atoms with E-state index in [9.17, 15) is 0 Å². The highest BCUT2D eigenvalue weighted by Gasteiger charge is 2.16. The summed E-state index contributed by atoms with van der Waals surface area (Å²) in [5, 5.41) is 0. The van der Waals surface area contributed by atoms with Crippen LogP contribution in [0.3, 0.4) is 0 Å². The summed E-state index contributed by atoms with van der Waals surface area (Å²) in [6, 6.07) is 7.48.